The van der Waals surface area contributed by atoms with Crippen LogP contribution >= 0.6 is 0 Å². The number of carbonyl (C=O) groups excluding carboxylic acids is 2. The van der Waals surface area contributed by atoms with E-state index < -0.39 is 23.6 Å². The Morgan fingerprint density at radius 3 is 2.31 bits per heavy atom. The van der Waals surface area contributed by atoms with Crippen LogP contribution in [0.2, 0.25) is 0 Å². The van der Waals surface area contributed by atoms with Crippen molar-refractivity contribution >= 4 is 23.3 Å². The summed E-state index contributed by atoms with van der Waals surface area (Å²) in [5.74, 6) is -0.739. The van der Waals surface area contributed by atoms with Crippen molar-refractivity contribution in [3.8, 4) is 0 Å². The van der Waals surface area contributed by atoms with Gasteiger partial charge < -0.3 is 14.7 Å². The number of hydrogen-bond donors (Lipinski definition) is 0. The van der Waals surface area contributed by atoms with E-state index in [-0.39, 0.29) is 24.7 Å². The Kier molecular flexibility index (Phi) is 5.94. The summed E-state index contributed by atoms with van der Waals surface area (Å²) in [5, 5.41) is 0. The third-order valence-electron chi connectivity index (χ3n) is 5.74. The second-order valence-electron chi connectivity index (χ2n) is 7.72. The fourth-order valence-electron chi connectivity index (χ4n) is 3.98. The molecule has 0 aliphatic carbocycles. The maximum atomic E-state index is 14.0. The van der Waals surface area contributed by atoms with Crippen molar-refractivity contribution in [1.82, 2.24) is 9.80 Å². The van der Waals surface area contributed by atoms with Gasteiger partial charge in [-0.3, -0.25) is 9.69 Å². The molecule has 0 bridgehead atoms. The molecule has 0 atom stereocenters. The highest BCUT2D eigenvalue weighted by Gasteiger charge is 2.34. The molecule has 170 valence electrons. The Morgan fingerprint density at radius 2 is 1.62 bits per heavy atom. The normalized spacial score (nSPS) is 17.3. The maximum Gasteiger partial charge on any atom is 0.416 e. The topological polar surface area (TPSA) is 47.1 Å². The van der Waals surface area contributed by atoms with E-state index in [4.69, 9.17) is 0 Å². The Balaban J connectivity index is 1.33. The second-order valence-corrected chi connectivity index (χ2v) is 7.72. The van der Waals surface area contributed by atoms with Crippen LogP contribution in [0.5, 0.6) is 0 Å². The molecule has 2 saturated heterocycles. The van der Waals surface area contributed by atoms with E-state index in [1.807, 2.05) is 0 Å². The van der Waals surface area contributed by atoms with Crippen LogP contribution in [0, 0.1) is 5.82 Å². The molecule has 0 radical (unpaired) electrons. The molecule has 0 N–H and O–H groups in total. The number of rotatable bonds is 4. The number of halogens is 4. The van der Waals surface area contributed by atoms with Crippen LogP contribution in [0.1, 0.15) is 5.56 Å². The molecular weight excluding hydrogens is 428 g/mol. The fraction of sp³-hybridized carbons (Fsp3) is 0.364. The monoisotopic (exact) mass is 450 g/mol. The minimum absolute atomic E-state index is 0.118. The number of urea groups is 1. The van der Waals surface area contributed by atoms with Crippen molar-refractivity contribution in [2.45, 2.75) is 6.18 Å². The number of piperazine rings is 1. The lowest BCUT2D eigenvalue weighted by Gasteiger charge is -2.37. The van der Waals surface area contributed by atoms with E-state index in [1.54, 1.807) is 28.0 Å². The second kappa shape index (κ2) is 8.68. The van der Waals surface area contributed by atoms with Crippen LogP contribution in [0.15, 0.2) is 48.5 Å². The van der Waals surface area contributed by atoms with Crippen LogP contribution in [-0.4, -0.2) is 67.6 Å². The van der Waals surface area contributed by atoms with Crippen molar-refractivity contribution in [3.05, 3.63) is 59.9 Å². The SMILES string of the molecule is O=C(CN1CCN(c2ccccc2F)C1=O)N1CCN(c2cccc(C(F)(F)F)c2)CC1. The van der Waals surface area contributed by atoms with E-state index in [0.29, 0.717) is 38.4 Å². The number of amides is 3. The molecule has 3 amide bonds. The predicted molar refractivity (Wildman–Crippen MR) is 111 cm³/mol. The van der Waals surface area contributed by atoms with Gasteiger partial charge in [0.1, 0.15) is 12.4 Å². The standard InChI is InChI=1S/C22H22F4N4O2/c23-18-6-1-2-7-19(18)30-13-12-29(21(30)32)15-20(31)28-10-8-27(9-11-28)17-5-3-4-16(14-17)22(24,25)26/h1-7,14H,8-13,15H2. The number of hydrogen-bond acceptors (Lipinski definition) is 3. The lowest BCUT2D eigenvalue weighted by Crippen LogP contribution is -2.51. The number of para-hydroxylation sites is 1. The lowest BCUT2D eigenvalue weighted by molar-refractivity contribution is -0.137. The highest BCUT2D eigenvalue weighted by molar-refractivity contribution is 5.96. The third kappa shape index (κ3) is 4.49. The Bertz CT molecular complexity index is 1010. The zero-order valence-corrected chi connectivity index (χ0v) is 17.2. The molecule has 6 nitrogen and oxygen atoms in total. The van der Waals surface area contributed by atoms with Crippen LogP contribution in [0.4, 0.5) is 33.7 Å². The number of carbonyl (C=O) groups is 2. The summed E-state index contributed by atoms with van der Waals surface area (Å²) >= 11 is 0. The smallest absolute Gasteiger partial charge is 0.368 e. The molecule has 0 saturated carbocycles. The summed E-state index contributed by atoms with van der Waals surface area (Å²) in [5.41, 5.74) is -0.0650. The first-order valence-electron chi connectivity index (χ1n) is 10.2. The molecule has 2 aliphatic rings. The van der Waals surface area contributed by atoms with E-state index in [9.17, 15) is 27.2 Å². The zero-order chi connectivity index (χ0) is 22.9. The molecule has 2 heterocycles. The molecule has 10 heteroatoms. The highest BCUT2D eigenvalue weighted by Crippen LogP contribution is 2.32. The van der Waals surface area contributed by atoms with Gasteiger partial charge in [-0.05, 0) is 30.3 Å². The molecule has 2 aromatic rings. The number of benzene rings is 2. The van der Waals surface area contributed by atoms with Crippen molar-refractivity contribution in [1.29, 1.82) is 0 Å². The van der Waals surface area contributed by atoms with Crippen LogP contribution < -0.4 is 9.80 Å². The first-order chi connectivity index (χ1) is 15.2. The van der Waals surface area contributed by atoms with Gasteiger partial charge in [0.15, 0.2) is 0 Å². The summed E-state index contributed by atoms with van der Waals surface area (Å²) in [6, 6.07) is 10.7. The van der Waals surface area contributed by atoms with Gasteiger partial charge in [-0.15, -0.1) is 0 Å². The van der Waals surface area contributed by atoms with Gasteiger partial charge in [-0.2, -0.15) is 13.2 Å². The first kappa shape index (κ1) is 21.9. The van der Waals surface area contributed by atoms with Crippen molar-refractivity contribution in [3.63, 3.8) is 0 Å². The lowest BCUT2D eigenvalue weighted by atomic mass is 10.1. The molecule has 2 aliphatic heterocycles. The summed E-state index contributed by atoms with van der Waals surface area (Å²) < 4.78 is 52.9. The van der Waals surface area contributed by atoms with Gasteiger partial charge in [0.2, 0.25) is 5.91 Å². The van der Waals surface area contributed by atoms with Crippen LogP contribution in [-0.2, 0) is 11.0 Å². The van der Waals surface area contributed by atoms with Gasteiger partial charge in [0.05, 0.1) is 11.3 Å². The van der Waals surface area contributed by atoms with E-state index in [0.717, 1.165) is 12.1 Å². The maximum absolute atomic E-state index is 14.0. The average molecular weight is 450 g/mol. The Hall–Kier alpha value is -3.30. The third-order valence-corrected chi connectivity index (χ3v) is 5.74. The van der Waals surface area contributed by atoms with E-state index in [1.165, 1.54) is 28.0 Å². The average Bonchev–Trinajstić information content (AvgIpc) is 3.13. The molecule has 4 rings (SSSR count). The predicted octanol–water partition coefficient (Wildman–Crippen LogP) is 3.44. The van der Waals surface area contributed by atoms with E-state index >= 15 is 0 Å². The number of alkyl halides is 3. The molecular formula is C22H22F4N4O2. The van der Waals surface area contributed by atoms with Gasteiger partial charge in [0.25, 0.3) is 0 Å². The molecule has 2 aromatic carbocycles. The number of nitrogens with zero attached hydrogens (tertiary/aromatic N) is 4. The van der Waals surface area contributed by atoms with Gasteiger partial charge in [-0.1, -0.05) is 18.2 Å². The van der Waals surface area contributed by atoms with Crippen molar-refractivity contribution < 1.29 is 27.2 Å². The zero-order valence-electron chi connectivity index (χ0n) is 17.2. The van der Waals surface area contributed by atoms with Gasteiger partial charge in [-0.25, -0.2) is 9.18 Å². The molecule has 0 spiro atoms. The van der Waals surface area contributed by atoms with Gasteiger partial charge in [0, 0.05) is 45.0 Å². The Labute approximate surface area is 182 Å². The summed E-state index contributed by atoms with van der Waals surface area (Å²) in [6.45, 7) is 1.94. The minimum atomic E-state index is -4.41. The van der Waals surface area contributed by atoms with E-state index in [2.05, 4.69) is 0 Å². The largest absolute Gasteiger partial charge is 0.416 e. The van der Waals surface area contributed by atoms with Gasteiger partial charge >= 0.3 is 12.2 Å². The molecule has 32 heavy (non-hydrogen) atoms. The fourth-order valence-corrected chi connectivity index (χ4v) is 3.98. The van der Waals surface area contributed by atoms with Crippen molar-refractivity contribution in [2.75, 3.05) is 55.6 Å². The Morgan fingerprint density at radius 1 is 0.906 bits per heavy atom. The summed E-state index contributed by atoms with van der Waals surface area (Å²) in [4.78, 5) is 31.5. The molecule has 0 unspecified atom stereocenters. The van der Waals surface area contributed by atoms with Crippen molar-refractivity contribution in [2.24, 2.45) is 0 Å². The minimum Gasteiger partial charge on any atom is -0.368 e. The van der Waals surface area contributed by atoms with Crippen LogP contribution in [0.25, 0.3) is 0 Å². The number of anilines is 2. The quantitative estimate of drug-likeness (QED) is 0.671. The molecule has 2 fully saturated rings. The highest BCUT2D eigenvalue weighted by atomic mass is 19.4. The summed E-state index contributed by atoms with van der Waals surface area (Å²) in [6.07, 6.45) is -4.41. The molecule has 0 aromatic heterocycles. The summed E-state index contributed by atoms with van der Waals surface area (Å²) in [7, 11) is 0. The van der Waals surface area contributed by atoms with Crippen LogP contribution in [0.3, 0.4) is 0 Å². The first-order valence-corrected chi connectivity index (χ1v) is 10.2.